The zero-order chi connectivity index (χ0) is 58.0. The van der Waals surface area contributed by atoms with Crippen molar-refractivity contribution in [2.24, 2.45) is 0 Å². The number of anilines is 3. The number of fused-ring (bicyclic) bond motifs is 25. The molecule has 2 spiro atoms. The summed E-state index contributed by atoms with van der Waals surface area (Å²) in [4.78, 5) is 2.53. The summed E-state index contributed by atoms with van der Waals surface area (Å²) in [6.45, 7) is 4.46. The molecule has 88 heavy (non-hydrogen) atoms. The summed E-state index contributed by atoms with van der Waals surface area (Å²) in [5.41, 5.74) is 34.3. The fourth-order valence-electron chi connectivity index (χ4n) is 17.0. The lowest BCUT2D eigenvalue weighted by Gasteiger charge is -2.33. The average molecular weight is 1120 g/mol. The topological polar surface area (TPSA) is 8.17 Å². The maximum atomic E-state index is 2.53. The van der Waals surface area contributed by atoms with Gasteiger partial charge in [0.25, 0.3) is 0 Å². The highest BCUT2D eigenvalue weighted by atomic mass is 15.1. The summed E-state index contributed by atoms with van der Waals surface area (Å²) in [5.74, 6) is 0. The second-order valence-electron chi connectivity index (χ2n) is 24.7. The Labute approximate surface area is 512 Å². The number of nitrogens with zero attached hydrogens (tertiary/aromatic N) is 2. The minimum atomic E-state index is -0.498. The number of benzene rings is 14. The van der Waals surface area contributed by atoms with Crippen molar-refractivity contribution in [1.29, 1.82) is 0 Å². The lowest BCUT2D eigenvalue weighted by molar-refractivity contribution is 0.792. The Morgan fingerprint density at radius 3 is 1.20 bits per heavy atom. The highest BCUT2D eigenvalue weighted by Gasteiger charge is 2.53. The largest absolute Gasteiger partial charge is 0.310 e. The van der Waals surface area contributed by atoms with Gasteiger partial charge in [-0.25, -0.2) is 0 Å². The van der Waals surface area contributed by atoms with E-state index < -0.39 is 10.8 Å². The Morgan fingerprint density at radius 2 is 0.693 bits per heavy atom. The second-order valence-corrected chi connectivity index (χ2v) is 24.7. The van der Waals surface area contributed by atoms with E-state index >= 15 is 0 Å². The molecule has 0 atom stereocenters. The van der Waals surface area contributed by atoms with Crippen molar-refractivity contribution in [3.63, 3.8) is 0 Å². The zero-order valence-corrected chi connectivity index (χ0v) is 48.8. The maximum absolute atomic E-state index is 2.53. The molecule has 1 aromatic heterocycles. The molecule has 19 rings (SSSR count). The van der Waals surface area contributed by atoms with Crippen molar-refractivity contribution in [3.8, 4) is 72.4 Å². The summed E-state index contributed by atoms with van der Waals surface area (Å²) >= 11 is 0. The Morgan fingerprint density at radius 1 is 0.273 bits per heavy atom. The number of rotatable bonds is 6. The van der Waals surface area contributed by atoms with Crippen LogP contribution in [-0.2, 0) is 10.8 Å². The molecule has 410 valence electrons. The SMILES string of the molecule is Cc1cccc(C)c1-c1ccc2c(c1)c1c3ccccc3ccc1n2-c1cccc(-c2ccc(N(c3ccc4c(c3)C3(c5ccccc5-c5ccccc53)c3ccccc3-4)c3ccc4c(c3)C3(c5ccccc5-c5ccccc53)c3ccccc3-4)cc2)c1. The first-order valence-electron chi connectivity index (χ1n) is 30.9. The van der Waals surface area contributed by atoms with Gasteiger partial charge in [-0.1, -0.05) is 237 Å². The normalized spacial score (nSPS) is 13.8. The van der Waals surface area contributed by atoms with Crippen LogP contribution in [-0.4, -0.2) is 4.57 Å². The molecule has 0 N–H and O–H groups in total. The van der Waals surface area contributed by atoms with E-state index in [-0.39, 0.29) is 0 Å². The summed E-state index contributed by atoms with van der Waals surface area (Å²) in [6.07, 6.45) is 0. The summed E-state index contributed by atoms with van der Waals surface area (Å²) in [5, 5.41) is 5.04. The molecule has 1 heterocycles. The minimum absolute atomic E-state index is 0.498. The monoisotopic (exact) mass is 1120 g/mol. The second kappa shape index (κ2) is 18.2. The minimum Gasteiger partial charge on any atom is -0.310 e. The van der Waals surface area contributed by atoms with Gasteiger partial charge in [-0.05, 0) is 214 Å². The van der Waals surface area contributed by atoms with Crippen LogP contribution in [0.4, 0.5) is 17.1 Å². The van der Waals surface area contributed by atoms with Crippen LogP contribution in [0.5, 0.6) is 0 Å². The van der Waals surface area contributed by atoms with Gasteiger partial charge in [-0.2, -0.15) is 0 Å². The van der Waals surface area contributed by atoms with E-state index in [1.165, 1.54) is 144 Å². The molecule has 0 unspecified atom stereocenters. The van der Waals surface area contributed by atoms with Crippen LogP contribution in [0.2, 0.25) is 0 Å². The van der Waals surface area contributed by atoms with E-state index in [0.717, 1.165) is 33.9 Å². The number of hydrogen-bond donors (Lipinski definition) is 0. The standard InChI is InChI=1S/C86H56N2/c1-53-19-17-20-54(2)83(53)58-40-47-81-72(50-58)84-63-24-4-3-21-56(63)39-48-82(84)88(81)60-23-18-22-57(49-60)55-37-41-59(42-38-55)87(61-43-45-70-68-29-9-15-35-77(68)85(79(70)51-61)73-31-11-5-25-64(73)65-26-6-12-32-74(65)85)62-44-46-71-69-30-10-16-36-78(69)86(80(71)52-62)75-33-13-7-27-66(75)67-28-8-14-34-76(67)86/h3-52H,1-2H3. The van der Waals surface area contributed by atoms with E-state index in [4.69, 9.17) is 0 Å². The molecule has 0 saturated carbocycles. The van der Waals surface area contributed by atoms with E-state index in [1.807, 2.05) is 0 Å². The van der Waals surface area contributed by atoms with Crippen LogP contribution in [0.15, 0.2) is 303 Å². The Kier molecular flexibility index (Phi) is 10.2. The predicted octanol–water partition coefficient (Wildman–Crippen LogP) is 22.0. The van der Waals surface area contributed by atoms with Crippen LogP contribution in [0, 0.1) is 13.8 Å². The summed E-state index contributed by atoms with van der Waals surface area (Å²) < 4.78 is 2.48. The van der Waals surface area contributed by atoms with Gasteiger partial charge < -0.3 is 9.47 Å². The fraction of sp³-hybridized carbons (Fsp3) is 0.0465. The van der Waals surface area contributed by atoms with Gasteiger partial charge in [0, 0.05) is 33.5 Å². The smallest absolute Gasteiger partial charge is 0.0726 e. The van der Waals surface area contributed by atoms with Crippen molar-refractivity contribution in [3.05, 3.63) is 359 Å². The lowest BCUT2D eigenvalue weighted by atomic mass is 9.70. The molecule has 2 nitrogen and oxygen atoms in total. The Bertz CT molecular complexity index is 5160. The lowest BCUT2D eigenvalue weighted by Crippen LogP contribution is -2.26. The van der Waals surface area contributed by atoms with Gasteiger partial charge in [0.15, 0.2) is 0 Å². The van der Waals surface area contributed by atoms with Gasteiger partial charge in [0.2, 0.25) is 0 Å². The van der Waals surface area contributed by atoms with Gasteiger partial charge in [-0.15, -0.1) is 0 Å². The van der Waals surface area contributed by atoms with E-state index in [9.17, 15) is 0 Å². The number of aromatic nitrogens is 1. The van der Waals surface area contributed by atoms with Crippen molar-refractivity contribution in [2.45, 2.75) is 24.7 Å². The molecule has 0 saturated heterocycles. The van der Waals surface area contributed by atoms with Crippen LogP contribution < -0.4 is 4.90 Å². The molecular weight excluding hydrogens is 1060 g/mol. The van der Waals surface area contributed by atoms with Gasteiger partial charge >= 0.3 is 0 Å². The maximum Gasteiger partial charge on any atom is 0.0726 e. The molecule has 0 bridgehead atoms. The molecule has 0 radical (unpaired) electrons. The van der Waals surface area contributed by atoms with Crippen molar-refractivity contribution in [2.75, 3.05) is 4.90 Å². The average Bonchev–Trinajstić information content (AvgIpc) is 1.54. The van der Waals surface area contributed by atoms with Gasteiger partial charge in [-0.3, -0.25) is 0 Å². The third kappa shape index (κ3) is 6.45. The molecule has 4 aliphatic carbocycles. The highest BCUT2D eigenvalue weighted by Crippen LogP contribution is 2.65. The van der Waals surface area contributed by atoms with Crippen molar-refractivity contribution < 1.29 is 0 Å². The molecule has 15 aromatic rings. The zero-order valence-electron chi connectivity index (χ0n) is 48.8. The highest BCUT2D eigenvalue weighted by molar-refractivity contribution is 6.22. The quantitative estimate of drug-likeness (QED) is 0.161. The van der Waals surface area contributed by atoms with Crippen LogP contribution >= 0.6 is 0 Å². The molecule has 0 fully saturated rings. The van der Waals surface area contributed by atoms with E-state index in [0.29, 0.717) is 0 Å². The molecule has 0 amide bonds. The first kappa shape index (κ1) is 49.2. The summed E-state index contributed by atoms with van der Waals surface area (Å²) in [7, 11) is 0. The fourth-order valence-corrected chi connectivity index (χ4v) is 17.0. The van der Waals surface area contributed by atoms with E-state index in [2.05, 4.69) is 327 Å². The summed E-state index contributed by atoms with van der Waals surface area (Å²) in [6, 6.07) is 115. The van der Waals surface area contributed by atoms with Crippen LogP contribution in [0.1, 0.15) is 55.6 Å². The molecular formula is C86H56N2. The molecule has 0 aliphatic heterocycles. The Hall–Kier alpha value is -11.1. The first-order chi connectivity index (χ1) is 43.5. The van der Waals surface area contributed by atoms with Gasteiger partial charge in [0.1, 0.15) is 0 Å². The first-order valence-corrected chi connectivity index (χ1v) is 30.9. The van der Waals surface area contributed by atoms with Crippen molar-refractivity contribution >= 4 is 49.6 Å². The number of aryl methyl sites for hydroxylation is 2. The predicted molar refractivity (Wildman–Crippen MR) is 366 cm³/mol. The van der Waals surface area contributed by atoms with E-state index in [1.54, 1.807) is 0 Å². The molecule has 14 aromatic carbocycles. The molecule has 2 heteroatoms. The third-order valence-corrected chi connectivity index (χ3v) is 20.5. The Balaban J connectivity index is 0.802. The van der Waals surface area contributed by atoms with Gasteiger partial charge in [0.05, 0.1) is 21.9 Å². The third-order valence-electron chi connectivity index (χ3n) is 20.5. The van der Waals surface area contributed by atoms with Crippen molar-refractivity contribution in [1.82, 2.24) is 4.57 Å². The molecule has 4 aliphatic rings. The van der Waals surface area contributed by atoms with Crippen LogP contribution in [0.3, 0.4) is 0 Å². The number of hydrogen-bond acceptors (Lipinski definition) is 1. The van der Waals surface area contributed by atoms with Crippen LogP contribution in [0.25, 0.3) is 105 Å².